The second kappa shape index (κ2) is 9.61. The van der Waals surface area contributed by atoms with Crippen molar-refractivity contribution < 1.29 is 19.0 Å². The van der Waals surface area contributed by atoms with Gasteiger partial charge in [-0.25, -0.2) is 14.4 Å². The first kappa shape index (κ1) is 23.2. The van der Waals surface area contributed by atoms with Crippen molar-refractivity contribution in [2.45, 2.75) is 50.0 Å². The number of nitrogens with zero attached hydrogens (tertiary/aromatic N) is 5. The molecule has 2 aliphatic rings. The predicted octanol–water partition coefficient (Wildman–Crippen LogP) is 3.38. The summed E-state index contributed by atoms with van der Waals surface area (Å²) in [6, 6.07) is 6.93. The third-order valence-corrected chi connectivity index (χ3v) is 7.01. The maximum absolute atomic E-state index is 15.1. The molecule has 35 heavy (non-hydrogen) atoms. The van der Waals surface area contributed by atoms with Crippen LogP contribution in [0.15, 0.2) is 36.7 Å². The molecule has 0 radical (unpaired) electrons. The van der Waals surface area contributed by atoms with Gasteiger partial charge in [0, 0.05) is 30.9 Å². The number of aromatic hydroxyl groups is 1. The van der Waals surface area contributed by atoms with Crippen LogP contribution in [0.3, 0.4) is 0 Å². The summed E-state index contributed by atoms with van der Waals surface area (Å²) in [5, 5.41) is 22.6. The van der Waals surface area contributed by atoms with Crippen molar-refractivity contribution in [1.82, 2.24) is 25.5 Å². The van der Waals surface area contributed by atoms with Crippen LogP contribution in [0.1, 0.15) is 25.7 Å². The Kier molecular flexibility index (Phi) is 6.38. The normalized spacial score (nSPS) is 23.5. The summed E-state index contributed by atoms with van der Waals surface area (Å²) >= 11 is 0. The maximum atomic E-state index is 15.1. The minimum Gasteiger partial charge on any atom is -0.507 e. The van der Waals surface area contributed by atoms with E-state index < -0.39 is 6.17 Å². The summed E-state index contributed by atoms with van der Waals surface area (Å²) in [6.07, 6.45) is 5.99. The molecule has 2 aliphatic heterocycles. The van der Waals surface area contributed by atoms with Gasteiger partial charge >= 0.3 is 0 Å². The second-order valence-electron chi connectivity index (χ2n) is 9.07. The van der Waals surface area contributed by atoms with E-state index >= 15 is 4.39 Å². The molecule has 2 fully saturated rings. The quantitative estimate of drug-likeness (QED) is 0.549. The van der Waals surface area contributed by atoms with Gasteiger partial charge < -0.3 is 24.8 Å². The van der Waals surface area contributed by atoms with Gasteiger partial charge in [-0.05, 0) is 43.0 Å². The third-order valence-electron chi connectivity index (χ3n) is 7.01. The summed E-state index contributed by atoms with van der Waals surface area (Å²) in [4.78, 5) is 10.5. The number of hydrogen-bond donors (Lipinski definition) is 2. The molecular weight excluding hydrogens is 451 g/mol. The van der Waals surface area contributed by atoms with Crippen LogP contribution in [0.4, 0.5) is 10.2 Å². The first-order valence-electron chi connectivity index (χ1n) is 11.7. The zero-order chi connectivity index (χ0) is 24.5. The Morgan fingerprint density at radius 1 is 1.06 bits per heavy atom. The largest absolute Gasteiger partial charge is 0.507 e. The summed E-state index contributed by atoms with van der Waals surface area (Å²) < 4.78 is 25.6. The van der Waals surface area contributed by atoms with Gasteiger partial charge in [0.25, 0.3) is 5.88 Å². The summed E-state index contributed by atoms with van der Waals surface area (Å²) in [5.41, 5.74) is 1.95. The Morgan fingerprint density at radius 3 is 2.63 bits per heavy atom. The van der Waals surface area contributed by atoms with Crippen LogP contribution in [-0.2, 0) is 0 Å². The number of phenolic OH excluding ortho intramolecular Hbond substituents is 1. The number of alkyl halides is 1. The molecular formula is C25H29FN6O3. The maximum Gasteiger partial charge on any atom is 0.256 e. The van der Waals surface area contributed by atoms with Crippen molar-refractivity contribution in [3.63, 3.8) is 0 Å². The van der Waals surface area contributed by atoms with E-state index in [0.29, 0.717) is 29.1 Å². The molecule has 2 N–H and O–H groups in total. The summed E-state index contributed by atoms with van der Waals surface area (Å²) in [5.74, 6) is 1.68. The molecule has 5 rings (SSSR count). The Balaban J connectivity index is 1.35. The number of phenols is 1. The van der Waals surface area contributed by atoms with Crippen molar-refractivity contribution in [2.75, 3.05) is 26.2 Å². The number of benzene rings is 1. The molecule has 2 saturated heterocycles. The first-order valence-corrected chi connectivity index (χ1v) is 11.7. The standard InChI is InChI=1S/C25H29FN6O3/c1-32(19-11-16-5-4-6-18(29-16)23(19)26)22-13-27-24(31-30-22)17-8-7-14(9-20(17)33)15-10-21(34-2)25(35-3)28-12-15/h7-10,12-13,16,18-19,23,29,33H,4-6,11H2,1-3H3/t16-,18-,19+,23-/m0/s1. The number of nitrogens with one attached hydrogen (secondary N) is 1. The van der Waals surface area contributed by atoms with E-state index in [0.717, 1.165) is 36.8 Å². The molecule has 2 bridgehead atoms. The highest BCUT2D eigenvalue weighted by molar-refractivity contribution is 5.73. The van der Waals surface area contributed by atoms with E-state index in [1.54, 1.807) is 37.7 Å². The smallest absolute Gasteiger partial charge is 0.256 e. The van der Waals surface area contributed by atoms with Gasteiger partial charge in [-0.3, -0.25) is 0 Å². The molecule has 0 spiro atoms. The highest BCUT2D eigenvalue weighted by Gasteiger charge is 2.42. The lowest BCUT2D eigenvalue weighted by Crippen LogP contribution is -2.61. The van der Waals surface area contributed by atoms with E-state index in [-0.39, 0.29) is 23.7 Å². The van der Waals surface area contributed by atoms with Crippen molar-refractivity contribution in [3.05, 3.63) is 36.7 Å². The van der Waals surface area contributed by atoms with Crippen molar-refractivity contribution in [3.8, 4) is 39.9 Å². The van der Waals surface area contributed by atoms with Gasteiger partial charge in [-0.15, -0.1) is 10.2 Å². The Labute approximate surface area is 203 Å². The lowest BCUT2D eigenvalue weighted by atomic mass is 9.82. The van der Waals surface area contributed by atoms with E-state index in [1.165, 1.54) is 7.11 Å². The number of hydrogen-bond acceptors (Lipinski definition) is 9. The number of fused-ring (bicyclic) bond motifs is 2. The average molecular weight is 481 g/mol. The third kappa shape index (κ3) is 4.45. The molecule has 184 valence electrons. The van der Waals surface area contributed by atoms with Gasteiger partial charge in [0.15, 0.2) is 17.4 Å². The number of pyridine rings is 1. The molecule has 0 aliphatic carbocycles. The van der Waals surface area contributed by atoms with Crippen LogP contribution in [-0.4, -0.2) is 70.8 Å². The molecule has 2 aromatic heterocycles. The Morgan fingerprint density at radius 2 is 1.91 bits per heavy atom. The number of methoxy groups -OCH3 is 2. The van der Waals surface area contributed by atoms with Gasteiger partial charge in [0.05, 0.1) is 32.0 Å². The van der Waals surface area contributed by atoms with Gasteiger partial charge in [0.2, 0.25) is 0 Å². The van der Waals surface area contributed by atoms with E-state index in [1.807, 2.05) is 18.0 Å². The van der Waals surface area contributed by atoms with Crippen LogP contribution >= 0.6 is 0 Å². The summed E-state index contributed by atoms with van der Waals surface area (Å²) in [6.45, 7) is 0. The van der Waals surface area contributed by atoms with Crippen LogP contribution in [0.5, 0.6) is 17.4 Å². The fraction of sp³-hybridized carbons (Fsp3) is 0.440. The topological polar surface area (TPSA) is 106 Å². The minimum absolute atomic E-state index is 0.00944. The number of aromatic nitrogens is 4. The van der Waals surface area contributed by atoms with Gasteiger partial charge in [-0.2, -0.15) is 0 Å². The summed E-state index contributed by atoms with van der Waals surface area (Å²) in [7, 11) is 4.91. The average Bonchev–Trinajstić information content (AvgIpc) is 2.90. The number of ether oxygens (including phenoxy) is 2. The minimum atomic E-state index is -0.972. The predicted molar refractivity (Wildman–Crippen MR) is 130 cm³/mol. The van der Waals surface area contributed by atoms with Gasteiger partial charge in [-0.1, -0.05) is 12.5 Å². The van der Waals surface area contributed by atoms with Crippen LogP contribution in [0.25, 0.3) is 22.5 Å². The van der Waals surface area contributed by atoms with Crippen LogP contribution in [0.2, 0.25) is 0 Å². The molecule has 1 aromatic carbocycles. The van der Waals surface area contributed by atoms with Crippen LogP contribution < -0.4 is 19.7 Å². The lowest BCUT2D eigenvalue weighted by Gasteiger charge is -2.45. The van der Waals surface area contributed by atoms with Crippen molar-refractivity contribution >= 4 is 5.82 Å². The Hall–Kier alpha value is -3.53. The highest BCUT2D eigenvalue weighted by Crippen LogP contribution is 2.35. The molecule has 9 nitrogen and oxygen atoms in total. The molecule has 0 amide bonds. The first-order chi connectivity index (χ1) is 17.0. The Bertz CT molecular complexity index is 1190. The van der Waals surface area contributed by atoms with E-state index in [2.05, 4.69) is 25.5 Å². The van der Waals surface area contributed by atoms with Crippen LogP contribution in [0, 0.1) is 0 Å². The number of anilines is 1. The molecule has 4 heterocycles. The van der Waals surface area contributed by atoms with Crippen molar-refractivity contribution in [2.24, 2.45) is 0 Å². The number of halogens is 1. The van der Waals surface area contributed by atoms with E-state index in [9.17, 15) is 5.11 Å². The van der Waals surface area contributed by atoms with Crippen molar-refractivity contribution in [1.29, 1.82) is 0 Å². The van der Waals surface area contributed by atoms with E-state index in [4.69, 9.17) is 9.47 Å². The fourth-order valence-corrected chi connectivity index (χ4v) is 5.07. The molecule has 3 aromatic rings. The zero-order valence-corrected chi connectivity index (χ0v) is 20.0. The molecule has 10 heteroatoms. The van der Waals surface area contributed by atoms with Gasteiger partial charge in [0.1, 0.15) is 11.9 Å². The fourth-order valence-electron chi connectivity index (χ4n) is 5.07. The lowest BCUT2D eigenvalue weighted by molar-refractivity contribution is 0.107. The highest BCUT2D eigenvalue weighted by atomic mass is 19.1. The molecule has 4 atom stereocenters. The molecule has 0 unspecified atom stereocenters. The molecule has 0 saturated carbocycles. The second-order valence-corrected chi connectivity index (χ2v) is 9.07. The monoisotopic (exact) mass is 480 g/mol. The number of rotatable bonds is 6. The SMILES string of the molecule is COc1cc(-c2ccc(-c3ncc(N(C)[C@@H]4C[C@@H]5CCC[C@H](N5)[C@@H]4F)nn3)c(O)c2)cnc1OC. The zero-order valence-electron chi connectivity index (χ0n) is 20.0. The number of piperidine rings is 2.